The van der Waals surface area contributed by atoms with Crippen molar-refractivity contribution in [1.82, 2.24) is 38.9 Å². The number of pyridine rings is 1. The van der Waals surface area contributed by atoms with Crippen LogP contribution >= 0.6 is 0 Å². The summed E-state index contributed by atoms with van der Waals surface area (Å²) in [6.45, 7) is 2.84. The molecule has 172 valence electrons. The predicted molar refractivity (Wildman–Crippen MR) is 127 cm³/mol. The van der Waals surface area contributed by atoms with Crippen molar-refractivity contribution in [2.45, 2.75) is 19.4 Å². The van der Waals surface area contributed by atoms with Gasteiger partial charge in [0.25, 0.3) is 0 Å². The van der Waals surface area contributed by atoms with Gasteiger partial charge in [-0.05, 0) is 42.8 Å². The summed E-state index contributed by atoms with van der Waals surface area (Å²) in [6, 6.07) is 12.2. The summed E-state index contributed by atoms with van der Waals surface area (Å²) in [4.78, 5) is 4.62. The first-order valence-electron chi connectivity index (χ1n) is 10.9. The summed E-state index contributed by atoms with van der Waals surface area (Å²) < 4.78 is 28.3. The molecular formula is C23H22N8O2S. The lowest BCUT2D eigenvalue weighted by Gasteiger charge is -2.37. The quantitative estimate of drug-likeness (QED) is 0.384. The van der Waals surface area contributed by atoms with Crippen LogP contribution in [0.1, 0.15) is 23.1 Å². The second kappa shape index (κ2) is 7.67. The maximum absolute atomic E-state index is 11.6. The molecule has 0 amide bonds. The van der Waals surface area contributed by atoms with Crippen LogP contribution in [0.2, 0.25) is 0 Å². The van der Waals surface area contributed by atoms with Crippen LogP contribution < -0.4 is 0 Å². The van der Waals surface area contributed by atoms with Crippen LogP contribution in [-0.4, -0.2) is 66.6 Å². The van der Waals surface area contributed by atoms with Gasteiger partial charge in [-0.25, -0.2) is 8.42 Å². The molecule has 5 heterocycles. The number of aromatic nitrogens is 7. The summed E-state index contributed by atoms with van der Waals surface area (Å²) in [6.07, 6.45) is 7.43. The monoisotopic (exact) mass is 474 g/mol. The SMILES string of the molecule is Cc1ccc2nnc(Cc3ccc4ncc(-c5cnn(C6CN(S(C)(=O)=O)C6)c5)cc4c3)n2n1. The Morgan fingerprint density at radius 2 is 1.88 bits per heavy atom. The molecule has 5 aromatic rings. The average Bonchev–Trinajstić information content (AvgIpc) is 3.39. The lowest BCUT2D eigenvalue weighted by molar-refractivity contribution is 0.192. The first-order valence-corrected chi connectivity index (χ1v) is 12.7. The zero-order chi connectivity index (χ0) is 23.4. The Hall–Kier alpha value is -3.70. The average molecular weight is 475 g/mol. The zero-order valence-electron chi connectivity index (χ0n) is 18.7. The number of nitrogens with zero attached hydrogens (tertiary/aromatic N) is 8. The molecule has 11 heteroatoms. The smallest absolute Gasteiger partial charge is 0.211 e. The van der Waals surface area contributed by atoms with Crippen molar-refractivity contribution >= 4 is 26.6 Å². The fraction of sp³-hybridized carbons (Fsp3) is 0.261. The first-order chi connectivity index (χ1) is 16.3. The highest BCUT2D eigenvalue weighted by molar-refractivity contribution is 7.88. The van der Waals surface area contributed by atoms with Crippen molar-refractivity contribution in [2.24, 2.45) is 0 Å². The van der Waals surface area contributed by atoms with E-state index in [-0.39, 0.29) is 6.04 Å². The molecule has 0 N–H and O–H groups in total. The lowest BCUT2D eigenvalue weighted by atomic mass is 10.0. The number of hydrogen-bond donors (Lipinski definition) is 0. The minimum Gasteiger partial charge on any atom is -0.266 e. The van der Waals surface area contributed by atoms with Crippen LogP contribution in [0, 0.1) is 6.92 Å². The highest BCUT2D eigenvalue weighted by Crippen LogP contribution is 2.27. The largest absolute Gasteiger partial charge is 0.266 e. The fourth-order valence-electron chi connectivity index (χ4n) is 4.21. The molecule has 1 aliphatic rings. The summed E-state index contributed by atoms with van der Waals surface area (Å²) in [5.41, 5.74) is 5.54. The third-order valence-electron chi connectivity index (χ3n) is 6.18. The molecule has 0 bridgehead atoms. The minimum atomic E-state index is -3.15. The van der Waals surface area contributed by atoms with Gasteiger partial charge >= 0.3 is 0 Å². The molecule has 10 nitrogen and oxygen atoms in total. The summed E-state index contributed by atoms with van der Waals surface area (Å²) in [7, 11) is -3.15. The third kappa shape index (κ3) is 3.72. The third-order valence-corrected chi connectivity index (χ3v) is 7.41. The Kier molecular flexibility index (Phi) is 4.71. The Balaban J connectivity index is 1.26. The van der Waals surface area contributed by atoms with Crippen LogP contribution in [0.4, 0.5) is 0 Å². The second-order valence-electron chi connectivity index (χ2n) is 8.73. The van der Waals surface area contributed by atoms with E-state index >= 15 is 0 Å². The number of fused-ring (bicyclic) bond motifs is 2. The van der Waals surface area contributed by atoms with Gasteiger partial charge in [0.1, 0.15) is 0 Å². The van der Waals surface area contributed by atoms with E-state index in [1.165, 1.54) is 10.6 Å². The zero-order valence-corrected chi connectivity index (χ0v) is 19.5. The molecule has 0 unspecified atom stereocenters. The van der Waals surface area contributed by atoms with E-state index in [0.29, 0.717) is 19.5 Å². The van der Waals surface area contributed by atoms with Gasteiger partial charge in [0, 0.05) is 48.4 Å². The minimum absolute atomic E-state index is 0.0544. The Morgan fingerprint density at radius 3 is 2.71 bits per heavy atom. The van der Waals surface area contributed by atoms with Gasteiger partial charge in [-0.3, -0.25) is 9.67 Å². The van der Waals surface area contributed by atoms with E-state index in [0.717, 1.165) is 44.8 Å². The van der Waals surface area contributed by atoms with Crippen molar-refractivity contribution in [3.63, 3.8) is 0 Å². The maximum Gasteiger partial charge on any atom is 0.211 e. The number of benzene rings is 1. The van der Waals surface area contributed by atoms with Crippen molar-refractivity contribution in [2.75, 3.05) is 19.3 Å². The van der Waals surface area contributed by atoms with Gasteiger partial charge < -0.3 is 0 Å². The summed E-state index contributed by atoms with van der Waals surface area (Å²) in [5.74, 6) is 0.784. The highest BCUT2D eigenvalue weighted by atomic mass is 32.2. The van der Waals surface area contributed by atoms with E-state index in [1.807, 2.05) is 48.3 Å². The summed E-state index contributed by atoms with van der Waals surface area (Å²) >= 11 is 0. The topological polar surface area (TPSA) is 111 Å². The van der Waals surface area contributed by atoms with Gasteiger partial charge in [0.05, 0.1) is 29.7 Å². The molecule has 1 saturated heterocycles. The van der Waals surface area contributed by atoms with Crippen molar-refractivity contribution in [3.8, 4) is 11.1 Å². The number of sulfonamides is 1. The van der Waals surface area contributed by atoms with Crippen molar-refractivity contribution < 1.29 is 8.42 Å². The second-order valence-corrected chi connectivity index (χ2v) is 10.7. The summed E-state index contributed by atoms with van der Waals surface area (Å²) in [5, 5.41) is 18.5. The number of aryl methyl sites for hydroxylation is 1. The lowest BCUT2D eigenvalue weighted by Crippen LogP contribution is -2.50. The maximum atomic E-state index is 11.6. The highest BCUT2D eigenvalue weighted by Gasteiger charge is 2.34. The normalized spacial score (nSPS) is 15.2. The van der Waals surface area contributed by atoms with Crippen LogP contribution in [0.25, 0.3) is 27.7 Å². The fourth-order valence-corrected chi connectivity index (χ4v) is 5.09. The molecule has 1 fully saturated rings. The van der Waals surface area contributed by atoms with E-state index in [2.05, 4.69) is 37.5 Å². The molecule has 0 spiro atoms. The molecule has 0 saturated carbocycles. The van der Waals surface area contributed by atoms with E-state index < -0.39 is 10.0 Å². The predicted octanol–water partition coefficient (Wildman–Crippen LogP) is 2.25. The molecule has 4 aromatic heterocycles. The van der Waals surface area contributed by atoms with Gasteiger partial charge in [0.2, 0.25) is 10.0 Å². The Bertz CT molecular complexity index is 1650. The van der Waals surface area contributed by atoms with Gasteiger partial charge in [-0.15, -0.1) is 10.2 Å². The molecule has 1 aromatic carbocycles. The van der Waals surface area contributed by atoms with Crippen molar-refractivity contribution in [3.05, 3.63) is 72.1 Å². The molecule has 0 atom stereocenters. The Labute approximate surface area is 195 Å². The van der Waals surface area contributed by atoms with Crippen molar-refractivity contribution in [1.29, 1.82) is 0 Å². The Morgan fingerprint density at radius 1 is 1.03 bits per heavy atom. The van der Waals surface area contributed by atoms with Gasteiger partial charge in [-0.1, -0.05) is 6.07 Å². The van der Waals surface area contributed by atoms with Crippen LogP contribution in [0.5, 0.6) is 0 Å². The molecule has 0 radical (unpaired) electrons. The van der Waals surface area contributed by atoms with Crippen LogP contribution in [0.15, 0.2) is 55.0 Å². The van der Waals surface area contributed by atoms with Gasteiger partial charge in [-0.2, -0.15) is 19.0 Å². The molecular weight excluding hydrogens is 452 g/mol. The van der Waals surface area contributed by atoms with Crippen LogP contribution in [-0.2, 0) is 16.4 Å². The van der Waals surface area contributed by atoms with E-state index in [1.54, 1.807) is 10.7 Å². The molecule has 0 aliphatic carbocycles. The molecule has 1 aliphatic heterocycles. The number of rotatable bonds is 5. The molecule has 34 heavy (non-hydrogen) atoms. The molecule has 6 rings (SSSR count). The standard InChI is InChI=1S/C23H22N8O2S/c1-15-3-6-22-26-27-23(31(22)28-15)8-16-4-5-21-17(7-16)9-18(10-24-21)19-11-25-30(12-19)20-13-29(14-20)34(2,32)33/h3-7,9-12,20H,8,13-14H2,1-2H3. The van der Waals surface area contributed by atoms with E-state index in [4.69, 9.17) is 0 Å². The first kappa shape index (κ1) is 20.9. The van der Waals surface area contributed by atoms with Gasteiger partial charge in [0.15, 0.2) is 11.5 Å². The number of hydrogen-bond acceptors (Lipinski definition) is 7. The van der Waals surface area contributed by atoms with Crippen LogP contribution in [0.3, 0.4) is 0 Å². The van der Waals surface area contributed by atoms with E-state index in [9.17, 15) is 8.42 Å².